The van der Waals surface area contributed by atoms with E-state index in [4.69, 9.17) is 4.74 Å². The van der Waals surface area contributed by atoms with Gasteiger partial charge in [0.05, 0.1) is 16.3 Å². The Hall–Kier alpha value is -1.89. The first-order valence-electron chi connectivity index (χ1n) is 8.29. The predicted octanol–water partition coefficient (Wildman–Crippen LogP) is 2.28. The van der Waals surface area contributed by atoms with Gasteiger partial charge in [-0.25, -0.2) is 9.79 Å². The van der Waals surface area contributed by atoms with E-state index in [1.54, 1.807) is 11.6 Å². The zero-order chi connectivity index (χ0) is 17.6. The SMILES string of the molecule is CC[C@H]1COC(c2sc3c(c2C)c(=O)n(CC(C)C)c(=O)n3C)=N1. The van der Waals surface area contributed by atoms with Gasteiger partial charge in [-0.05, 0) is 24.8 Å². The van der Waals surface area contributed by atoms with Crippen molar-refractivity contribution in [3.05, 3.63) is 31.3 Å². The first-order chi connectivity index (χ1) is 11.3. The van der Waals surface area contributed by atoms with Gasteiger partial charge in [0, 0.05) is 13.6 Å². The van der Waals surface area contributed by atoms with E-state index in [9.17, 15) is 9.59 Å². The number of nitrogens with zero attached hydrogens (tertiary/aromatic N) is 3. The van der Waals surface area contributed by atoms with Crippen molar-refractivity contribution in [1.29, 1.82) is 0 Å². The summed E-state index contributed by atoms with van der Waals surface area (Å²) in [6.45, 7) is 8.97. The molecule has 0 aliphatic carbocycles. The minimum absolute atomic E-state index is 0.172. The second-order valence-corrected chi connectivity index (χ2v) is 7.69. The van der Waals surface area contributed by atoms with Gasteiger partial charge in [-0.3, -0.25) is 13.9 Å². The van der Waals surface area contributed by atoms with E-state index in [1.807, 2.05) is 20.8 Å². The van der Waals surface area contributed by atoms with Crippen LogP contribution in [0.3, 0.4) is 0 Å². The van der Waals surface area contributed by atoms with Gasteiger partial charge < -0.3 is 4.74 Å². The molecule has 3 rings (SSSR count). The van der Waals surface area contributed by atoms with Gasteiger partial charge in [-0.2, -0.15) is 0 Å². The number of aliphatic imine (C=N–C) groups is 1. The molecule has 0 fully saturated rings. The highest BCUT2D eigenvalue weighted by Gasteiger charge is 2.25. The molecule has 0 amide bonds. The summed E-state index contributed by atoms with van der Waals surface area (Å²) in [6.07, 6.45) is 0.924. The van der Waals surface area contributed by atoms with Crippen LogP contribution in [0.15, 0.2) is 14.6 Å². The summed E-state index contributed by atoms with van der Waals surface area (Å²) in [6, 6.07) is 0.172. The van der Waals surface area contributed by atoms with Crippen LogP contribution in [0.25, 0.3) is 10.2 Å². The Bertz CT molecular complexity index is 933. The van der Waals surface area contributed by atoms with Crippen molar-refractivity contribution in [3.63, 3.8) is 0 Å². The van der Waals surface area contributed by atoms with Crippen molar-refractivity contribution < 1.29 is 4.74 Å². The van der Waals surface area contributed by atoms with E-state index in [-0.39, 0.29) is 23.2 Å². The maximum Gasteiger partial charge on any atom is 0.331 e. The van der Waals surface area contributed by atoms with Gasteiger partial charge in [0.1, 0.15) is 11.4 Å². The van der Waals surface area contributed by atoms with E-state index < -0.39 is 0 Å². The Balaban J connectivity index is 2.26. The minimum atomic E-state index is -0.269. The number of fused-ring (bicyclic) bond motifs is 1. The van der Waals surface area contributed by atoms with Gasteiger partial charge in [0.25, 0.3) is 5.56 Å². The smallest absolute Gasteiger partial charge is 0.331 e. The monoisotopic (exact) mass is 349 g/mol. The third kappa shape index (κ3) is 2.60. The molecule has 0 N–H and O–H groups in total. The Kier molecular flexibility index (Phi) is 4.38. The van der Waals surface area contributed by atoms with E-state index in [0.717, 1.165) is 16.9 Å². The maximum absolute atomic E-state index is 12.9. The topological polar surface area (TPSA) is 65.6 Å². The van der Waals surface area contributed by atoms with Crippen LogP contribution in [0.1, 0.15) is 37.6 Å². The fourth-order valence-corrected chi connectivity index (χ4v) is 4.16. The molecule has 1 aliphatic heterocycles. The Morgan fingerprint density at radius 3 is 2.67 bits per heavy atom. The lowest BCUT2D eigenvalue weighted by atomic mass is 10.2. The molecular formula is C17H23N3O3S. The van der Waals surface area contributed by atoms with Crippen LogP contribution < -0.4 is 11.2 Å². The average Bonchev–Trinajstić information content (AvgIpc) is 3.13. The van der Waals surface area contributed by atoms with Crippen LogP contribution in [0.5, 0.6) is 0 Å². The molecular weight excluding hydrogens is 326 g/mol. The molecule has 2 aromatic rings. The van der Waals surface area contributed by atoms with E-state index in [1.165, 1.54) is 15.9 Å². The maximum atomic E-state index is 12.9. The molecule has 0 unspecified atom stereocenters. The van der Waals surface area contributed by atoms with E-state index in [2.05, 4.69) is 11.9 Å². The van der Waals surface area contributed by atoms with Crippen molar-refractivity contribution in [3.8, 4) is 0 Å². The fourth-order valence-electron chi connectivity index (χ4n) is 2.95. The molecule has 0 radical (unpaired) electrons. The highest BCUT2D eigenvalue weighted by atomic mass is 32.1. The number of ether oxygens (including phenoxy) is 1. The quantitative estimate of drug-likeness (QED) is 0.850. The van der Waals surface area contributed by atoms with E-state index in [0.29, 0.717) is 29.3 Å². The lowest BCUT2D eigenvalue weighted by Crippen LogP contribution is -2.39. The molecule has 1 atom stereocenters. The lowest BCUT2D eigenvalue weighted by Gasteiger charge is -2.10. The largest absolute Gasteiger partial charge is 0.475 e. The summed E-state index contributed by atoms with van der Waals surface area (Å²) in [5, 5.41) is 0.601. The number of hydrogen-bond acceptors (Lipinski definition) is 5. The van der Waals surface area contributed by atoms with Gasteiger partial charge in [-0.1, -0.05) is 20.8 Å². The lowest BCUT2D eigenvalue weighted by molar-refractivity contribution is 0.315. The second kappa shape index (κ2) is 6.20. The van der Waals surface area contributed by atoms with Crippen molar-refractivity contribution in [1.82, 2.24) is 9.13 Å². The zero-order valence-corrected chi connectivity index (χ0v) is 15.6. The van der Waals surface area contributed by atoms with Crippen LogP contribution in [-0.2, 0) is 18.3 Å². The molecule has 24 heavy (non-hydrogen) atoms. The minimum Gasteiger partial charge on any atom is -0.475 e. The fraction of sp³-hybridized carbons (Fsp3) is 0.588. The Labute approximate surface area is 144 Å². The summed E-state index contributed by atoms with van der Waals surface area (Å²) >= 11 is 1.41. The molecule has 3 heterocycles. The van der Waals surface area contributed by atoms with Crippen LogP contribution in [-0.4, -0.2) is 27.7 Å². The van der Waals surface area contributed by atoms with E-state index >= 15 is 0 Å². The molecule has 0 saturated heterocycles. The molecule has 1 aliphatic rings. The Morgan fingerprint density at radius 2 is 2.08 bits per heavy atom. The number of aryl methyl sites for hydroxylation is 2. The molecule has 0 bridgehead atoms. The molecule has 7 heteroatoms. The molecule has 0 saturated carbocycles. The first-order valence-corrected chi connectivity index (χ1v) is 9.10. The number of thiophene rings is 1. The summed E-state index contributed by atoms with van der Waals surface area (Å²) in [4.78, 5) is 31.6. The number of aromatic nitrogens is 2. The number of rotatable bonds is 4. The standard InChI is InChI=1S/C17H23N3O3S/c1-6-11-8-23-14(18-11)13-10(4)12-15(21)20(7-9(2)3)17(22)19(5)16(12)24-13/h9,11H,6-8H2,1-5H3/t11-/m0/s1. The van der Waals surface area contributed by atoms with Crippen LogP contribution in [0.2, 0.25) is 0 Å². The highest BCUT2D eigenvalue weighted by Crippen LogP contribution is 2.30. The van der Waals surface area contributed by atoms with Crippen molar-refractivity contribution in [2.45, 2.75) is 46.7 Å². The summed E-state index contributed by atoms with van der Waals surface area (Å²) in [7, 11) is 1.72. The third-order valence-corrected chi connectivity index (χ3v) is 5.69. The van der Waals surface area contributed by atoms with Crippen molar-refractivity contribution >= 4 is 27.5 Å². The first kappa shape index (κ1) is 17.0. The van der Waals surface area contributed by atoms with Crippen LogP contribution >= 0.6 is 11.3 Å². The molecule has 2 aromatic heterocycles. The number of hydrogen-bond donors (Lipinski definition) is 0. The molecule has 0 spiro atoms. The zero-order valence-electron chi connectivity index (χ0n) is 14.8. The van der Waals surface area contributed by atoms with Crippen LogP contribution in [0, 0.1) is 12.8 Å². The average molecular weight is 349 g/mol. The summed E-state index contributed by atoms with van der Waals surface area (Å²) in [5.74, 6) is 0.821. The van der Waals surface area contributed by atoms with Gasteiger partial charge >= 0.3 is 5.69 Å². The van der Waals surface area contributed by atoms with Crippen molar-refractivity contribution in [2.24, 2.45) is 18.0 Å². The normalized spacial score (nSPS) is 17.6. The van der Waals surface area contributed by atoms with Gasteiger partial charge in [0.15, 0.2) is 0 Å². The third-order valence-electron chi connectivity index (χ3n) is 4.34. The molecule has 130 valence electrons. The van der Waals surface area contributed by atoms with Crippen LogP contribution in [0.4, 0.5) is 0 Å². The summed E-state index contributed by atoms with van der Waals surface area (Å²) < 4.78 is 8.62. The van der Waals surface area contributed by atoms with Gasteiger partial charge in [0.2, 0.25) is 5.90 Å². The van der Waals surface area contributed by atoms with Gasteiger partial charge in [-0.15, -0.1) is 11.3 Å². The molecule has 6 nitrogen and oxygen atoms in total. The summed E-state index contributed by atoms with van der Waals surface area (Å²) in [5.41, 5.74) is 0.366. The molecule has 0 aromatic carbocycles. The highest BCUT2D eigenvalue weighted by molar-refractivity contribution is 7.20. The Morgan fingerprint density at radius 1 is 1.38 bits per heavy atom. The predicted molar refractivity (Wildman–Crippen MR) is 97.5 cm³/mol. The van der Waals surface area contributed by atoms with Crippen molar-refractivity contribution in [2.75, 3.05) is 6.61 Å². The second-order valence-electron chi connectivity index (χ2n) is 6.69.